The van der Waals surface area contributed by atoms with E-state index in [0.29, 0.717) is 6.54 Å². The molecular formula is C11H17N3O3. The maximum Gasteiger partial charge on any atom is 0.328 e. The molecule has 0 unspecified atom stereocenters. The number of methoxy groups -OCH3 is 1. The van der Waals surface area contributed by atoms with Crippen LogP contribution in [0.1, 0.15) is 6.42 Å². The number of nitrogens with zero attached hydrogens (tertiary/aromatic N) is 1. The highest BCUT2D eigenvalue weighted by Gasteiger charge is 2.07. The van der Waals surface area contributed by atoms with Crippen molar-refractivity contribution in [2.45, 2.75) is 6.42 Å². The van der Waals surface area contributed by atoms with Crippen molar-refractivity contribution >= 4 is 11.7 Å². The minimum atomic E-state index is -0.401. The molecule has 1 rings (SSSR count). The largest absolute Gasteiger partial charge is 0.497 e. The second kappa shape index (κ2) is 6.72. The van der Waals surface area contributed by atoms with Crippen molar-refractivity contribution in [3.63, 3.8) is 0 Å². The van der Waals surface area contributed by atoms with Gasteiger partial charge in [-0.1, -0.05) is 11.7 Å². The fourth-order valence-electron chi connectivity index (χ4n) is 1.35. The predicted molar refractivity (Wildman–Crippen MR) is 64.3 cm³/mol. The fourth-order valence-corrected chi connectivity index (χ4v) is 1.35. The number of benzene rings is 1. The molecule has 94 valence electrons. The van der Waals surface area contributed by atoms with Crippen molar-refractivity contribution in [2.24, 2.45) is 5.84 Å². The van der Waals surface area contributed by atoms with Crippen LogP contribution in [0.5, 0.6) is 5.75 Å². The number of rotatable bonds is 6. The van der Waals surface area contributed by atoms with E-state index in [1.807, 2.05) is 41.8 Å². The van der Waals surface area contributed by atoms with Crippen LogP contribution < -0.4 is 21.1 Å². The first-order chi connectivity index (χ1) is 8.17. The first-order valence-corrected chi connectivity index (χ1v) is 5.18. The second-order valence-electron chi connectivity index (χ2n) is 3.46. The molecule has 0 heterocycles. The van der Waals surface area contributed by atoms with Gasteiger partial charge in [-0.3, -0.25) is 4.79 Å². The number of hydrogen-bond acceptors (Lipinski definition) is 6. The summed E-state index contributed by atoms with van der Waals surface area (Å²) in [5.41, 5.74) is 2.83. The summed E-state index contributed by atoms with van der Waals surface area (Å²) in [6.45, 7) is 0.535. The van der Waals surface area contributed by atoms with E-state index in [9.17, 15) is 4.79 Å². The Bertz CT molecular complexity index is 371. The summed E-state index contributed by atoms with van der Waals surface area (Å²) in [7, 11) is 3.50. The molecule has 0 saturated carbocycles. The van der Waals surface area contributed by atoms with E-state index in [4.69, 9.17) is 10.6 Å². The van der Waals surface area contributed by atoms with Gasteiger partial charge in [-0.15, -0.1) is 0 Å². The normalized spacial score (nSPS) is 9.82. The van der Waals surface area contributed by atoms with Gasteiger partial charge in [0.15, 0.2) is 0 Å². The number of nitrogens with two attached hydrogens (primary N) is 1. The molecule has 0 aromatic heterocycles. The standard InChI is InChI=1S/C11H17N3O3/c1-14(7-6-11(15)17-13-12)9-4-3-5-10(8-9)16-2/h3-5,8,13H,6-7,12H2,1-2H3. The van der Waals surface area contributed by atoms with E-state index in [2.05, 4.69) is 4.84 Å². The Kier molecular flexibility index (Phi) is 5.25. The molecule has 0 radical (unpaired) electrons. The first-order valence-electron chi connectivity index (χ1n) is 5.18. The van der Waals surface area contributed by atoms with Crippen LogP contribution in [0.4, 0.5) is 5.69 Å². The lowest BCUT2D eigenvalue weighted by Gasteiger charge is -2.19. The van der Waals surface area contributed by atoms with E-state index in [1.54, 1.807) is 7.11 Å². The van der Waals surface area contributed by atoms with Gasteiger partial charge in [0.2, 0.25) is 0 Å². The Morgan fingerprint density at radius 3 is 2.94 bits per heavy atom. The minimum Gasteiger partial charge on any atom is -0.497 e. The quantitative estimate of drug-likeness (QED) is 0.554. The van der Waals surface area contributed by atoms with Crippen molar-refractivity contribution in [1.82, 2.24) is 5.59 Å². The van der Waals surface area contributed by atoms with Gasteiger partial charge >= 0.3 is 5.97 Å². The summed E-state index contributed by atoms with van der Waals surface area (Å²) in [6.07, 6.45) is 0.248. The van der Waals surface area contributed by atoms with Crippen LogP contribution in [0.3, 0.4) is 0 Å². The Hall–Kier alpha value is -1.79. The summed E-state index contributed by atoms with van der Waals surface area (Å²) in [5, 5.41) is 0. The van der Waals surface area contributed by atoms with Crippen LogP contribution in [0.2, 0.25) is 0 Å². The molecule has 0 atom stereocenters. The number of hydrazine groups is 1. The molecule has 1 aromatic carbocycles. The molecule has 3 N–H and O–H groups in total. The summed E-state index contributed by atoms with van der Waals surface area (Å²) in [6, 6.07) is 7.59. The highest BCUT2D eigenvalue weighted by Crippen LogP contribution is 2.19. The smallest absolute Gasteiger partial charge is 0.328 e. The third kappa shape index (κ3) is 4.29. The summed E-state index contributed by atoms with van der Waals surface area (Å²) in [5.74, 6) is 5.24. The van der Waals surface area contributed by atoms with Crippen LogP contribution in [-0.4, -0.2) is 26.7 Å². The molecule has 6 nitrogen and oxygen atoms in total. The molecule has 0 fully saturated rings. The van der Waals surface area contributed by atoms with Gasteiger partial charge < -0.3 is 14.5 Å². The highest BCUT2D eigenvalue weighted by atomic mass is 16.7. The maximum atomic E-state index is 11.1. The van der Waals surface area contributed by atoms with Crippen LogP contribution >= 0.6 is 0 Å². The number of nitrogens with one attached hydrogen (secondary N) is 1. The molecule has 0 aliphatic carbocycles. The maximum absolute atomic E-state index is 11.1. The molecule has 17 heavy (non-hydrogen) atoms. The molecule has 0 aliphatic heterocycles. The van der Waals surface area contributed by atoms with Gasteiger partial charge in [0.1, 0.15) is 5.75 Å². The van der Waals surface area contributed by atoms with Crippen molar-refractivity contribution in [2.75, 3.05) is 25.6 Å². The topological polar surface area (TPSA) is 76.8 Å². The average Bonchev–Trinajstić information content (AvgIpc) is 2.36. The number of carbonyl (C=O) groups excluding carboxylic acids is 1. The Morgan fingerprint density at radius 2 is 2.29 bits per heavy atom. The third-order valence-corrected chi connectivity index (χ3v) is 2.32. The lowest BCUT2D eigenvalue weighted by molar-refractivity contribution is -0.150. The Labute approximate surface area is 100 Å². The van der Waals surface area contributed by atoms with Crippen molar-refractivity contribution in [3.05, 3.63) is 24.3 Å². The third-order valence-electron chi connectivity index (χ3n) is 2.32. The van der Waals surface area contributed by atoms with Gasteiger partial charge in [0, 0.05) is 25.3 Å². The average molecular weight is 239 g/mol. The molecule has 1 aromatic rings. The summed E-state index contributed by atoms with van der Waals surface area (Å²) >= 11 is 0. The lowest BCUT2D eigenvalue weighted by Crippen LogP contribution is -2.29. The van der Waals surface area contributed by atoms with Crippen LogP contribution in [0, 0.1) is 0 Å². The lowest BCUT2D eigenvalue weighted by atomic mass is 10.2. The van der Waals surface area contributed by atoms with Gasteiger partial charge in [0.05, 0.1) is 13.5 Å². The summed E-state index contributed by atoms with van der Waals surface area (Å²) < 4.78 is 5.12. The molecule has 0 amide bonds. The van der Waals surface area contributed by atoms with Gasteiger partial charge in [0.25, 0.3) is 0 Å². The number of hydrogen-bond donors (Lipinski definition) is 2. The van der Waals surface area contributed by atoms with Gasteiger partial charge in [-0.25, -0.2) is 5.84 Å². The van der Waals surface area contributed by atoms with Crippen LogP contribution in [-0.2, 0) is 9.63 Å². The Balaban J connectivity index is 2.51. The zero-order chi connectivity index (χ0) is 12.7. The van der Waals surface area contributed by atoms with Gasteiger partial charge in [-0.05, 0) is 12.1 Å². The number of anilines is 1. The van der Waals surface area contributed by atoms with Crippen molar-refractivity contribution < 1.29 is 14.4 Å². The van der Waals surface area contributed by atoms with E-state index < -0.39 is 5.97 Å². The number of ether oxygens (including phenoxy) is 1. The van der Waals surface area contributed by atoms with Crippen LogP contribution in [0.15, 0.2) is 24.3 Å². The van der Waals surface area contributed by atoms with E-state index in [1.165, 1.54) is 0 Å². The van der Waals surface area contributed by atoms with Crippen molar-refractivity contribution in [3.8, 4) is 5.75 Å². The summed E-state index contributed by atoms with van der Waals surface area (Å²) in [4.78, 5) is 17.4. The van der Waals surface area contributed by atoms with Crippen molar-refractivity contribution in [1.29, 1.82) is 0 Å². The minimum absolute atomic E-state index is 0.248. The predicted octanol–water partition coefficient (Wildman–Crippen LogP) is 0.443. The monoisotopic (exact) mass is 239 g/mol. The molecular weight excluding hydrogens is 222 g/mol. The fraction of sp³-hybridized carbons (Fsp3) is 0.364. The SMILES string of the molecule is COc1cccc(N(C)CCC(=O)ONN)c1. The van der Waals surface area contributed by atoms with E-state index >= 15 is 0 Å². The van der Waals surface area contributed by atoms with E-state index in [-0.39, 0.29) is 6.42 Å². The molecule has 0 saturated heterocycles. The van der Waals surface area contributed by atoms with Crippen LogP contribution in [0.25, 0.3) is 0 Å². The molecule has 0 spiro atoms. The second-order valence-corrected chi connectivity index (χ2v) is 3.46. The molecule has 6 heteroatoms. The van der Waals surface area contributed by atoms with E-state index in [0.717, 1.165) is 11.4 Å². The zero-order valence-electron chi connectivity index (χ0n) is 9.97. The first kappa shape index (κ1) is 13.3. The highest BCUT2D eigenvalue weighted by molar-refractivity contribution is 5.69. The number of carbonyl (C=O) groups is 1. The Morgan fingerprint density at radius 1 is 1.53 bits per heavy atom. The molecule has 0 bridgehead atoms. The van der Waals surface area contributed by atoms with Gasteiger partial charge in [-0.2, -0.15) is 0 Å². The zero-order valence-corrected chi connectivity index (χ0v) is 9.97. The molecule has 0 aliphatic rings.